The average molecular weight is 541 g/mol. The lowest BCUT2D eigenvalue weighted by molar-refractivity contribution is -0.165. The number of likely N-dealkylation sites (tertiary alicyclic amines) is 1. The highest BCUT2D eigenvalue weighted by molar-refractivity contribution is 6.11. The van der Waals surface area contributed by atoms with E-state index in [4.69, 9.17) is 9.47 Å². The van der Waals surface area contributed by atoms with Gasteiger partial charge in [0.1, 0.15) is 17.0 Å². The first-order valence-corrected chi connectivity index (χ1v) is 12.2. The molecule has 1 aliphatic rings. The lowest BCUT2D eigenvalue weighted by atomic mass is 9.82. The van der Waals surface area contributed by atoms with Crippen molar-refractivity contribution in [1.29, 1.82) is 0 Å². The zero-order valence-corrected chi connectivity index (χ0v) is 22.6. The van der Waals surface area contributed by atoms with Crippen molar-refractivity contribution in [3.8, 4) is 0 Å². The van der Waals surface area contributed by atoms with Gasteiger partial charge >= 0.3 is 24.2 Å². The molecular formula is C27H32N4O8. The second-order valence-corrected chi connectivity index (χ2v) is 10.9. The lowest BCUT2D eigenvalue weighted by Gasteiger charge is -2.42. The monoisotopic (exact) mass is 540 g/mol. The van der Waals surface area contributed by atoms with E-state index in [1.54, 1.807) is 71.9 Å². The highest BCUT2D eigenvalue weighted by Gasteiger charge is 2.54. The van der Waals surface area contributed by atoms with Crippen molar-refractivity contribution in [3.05, 3.63) is 54.2 Å². The molecule has 0 bridgehead atoms. The number of ether oxygens (including phenoxy) is 2. The molecule has 5 amide bonds. The standard InChI is InChI=1S/C27H32N4O8/c1-26(2,3)38-24(36)30(25(37)39-27(4,5)6)19-15-16(12-13-28-19)14-18-20(22(33)34)31(21(18)32)23(35)29-17-10-8-7-9-11-17/h7-13,15,18,20H,14H2,1-6H3,(H,29,35)(H,33,34)/t18?,20-/m0/s1. The normalized spacial score (nSPS) is 17.1. The molecule has 3 rings (SSSR count). The third-order valence-electron chi connectivity index (χ3n) is 5.36. The molecule has 0 aliphatic carbocycles. The number of aromatic nitrogens is 1. The topological polar surface area (TPSA) is 155 Å². The number of imide groups is 2. The van der Waals surface area contributed by atoms with Gasteiger partial charge in [-0.15, -0.1) is 0 Å². The zero-order chi connectivity index (χ0) is 29.1. The number of pyridine rings is 1. The second-order valence-electron chi connectivity index (χ2n) is 10.9. The quantitative estimate of drug-likeness (QED) is 0.523. The van der Waals surface area contributed by atoms with Crippen LogP contribution in [0.3, 0.4) is 0 Å². The lowest BCUT2D eigenvalue weighted by Crippen LogP contribution is -2.67. The maximum Gasteiger partial charge on any atom is 0.425 e. The number of β-lactam (4-membered cyclic amide) rings is 1. The Morgan fingerprint density at radius 1 is 0.974 bits per heavy atom. The first-order chi connectivity index (χ1) is 18.1. The van der Waals surface area contributed by atoms with Crippen LogP contribution in [0, 0.1) is 5.92 Å². The van der Waals surface area contributed by atoms with Crippen molar-refractivity contribution in [1.82, 2.24) is 9.88 Å². The number of hydrogen-bond donors (Lipinski definition) is 2. The predicted octanol–water partition coefficient (Wildman–Crippen LogP) is 4.44. The molecule has 2 aromatic rings. The number of amides is 5. The Balaban J connectivity index is 1.84. The van der Waals surface area contributed by atoms with Crippen molar-refractivity contribution in [2.75, 3.05) is 10.2 Å². The van der Waals surface area contributed by atoms with Crippen LogP contribution in [0.1, 0.15) is 47.1 Å². The van der Waals surface area contributed by atoms with Crippen LogP contribution < -0.4 is 10.2 Å². The molecular weight excluding hydrogens is 508 g/mol. The first-order valence-electron chi connectivity index (χ1n) is 12.2. The molecule has 208 valence electrons. The summed E-state index contributed by atoms with van der Waals surface area (Å²) in [7, 11) is 0. The van der Waals surface area contributed by atoms with Crippen molar-refractivity contribution >= 4 is 41.6 Å². The minimum atomic E-state index is -1.41. The largest absolute Gasteiger partial charge is 0.480 e. The number of rotatable bonds is 5. The van der Waals surface area contributed by atoms with Gasteiger partial charge in [-0.3, -0.25) is 4.79 Å². The molecule has 39 heavy (non-hydrogen) atoms. The van der Waals surface area contributed by atoms with Gasteiger partial charge in [-0.1, -0.05) is 18.2 Å². The highest BCUT2D eigenvalue weighted by atomic mass is 16.6. The van der Waals surface area contributed by atoms with Crippen LogP contribution in [0.4, 0.5) is 25.9 Å². The molecule has 12 nitrogen and oxygen atoms in total. The van der Waals surface area contributed by atoms with Crippen molar-refractivity contribution < 1.29 is 38.6 Å². The molecule has 0 radical (unpaired) electrons. The van der Waals surface area contributed by atoms with E-state index < -0.39 is 53.3 Å². The van der Waals surface area contributed by atoms with E-state index in [1.807, 2.05) is 0 Å². The summed E-state index contributed by atoms with van der Waals surface area (Å²) in [5.41, 5.74) is -1.03. The summed E-state index contributed by atoms with van der Waals surface area (Å²) in [6, 6.07) is 8.95. The summed E-state index contributed by atoms with van der Waals surface area (Å²) >= 11 is 0. The summed E-state index contributed by atoms with van der Waals surface area (Å²) in [4.78, 5) is 68.8. The Morgan fingerprint density at radius 2 is 1.54 bits per heavy atom. The van der Waals surface area contributed by atoms with Gasteiger partial charge in [0.05, 0.1) is 5.92 Å². The van der Waals surface area contributed by atoms with E-state index in [0.717, 1.165) is 0 Å². The van der Waals surface area contributed by atoms with Crippen LogP contribution in [-0.4, -0.2) is 62.3 Å². The molecule has 1 fully saturated rings. The Bertz CT molecular complexity index is 1240. The highest BCUT2D eigenvalue weighted by Crippen LogP contribution is 2.32. The number of aliphatic carboxylic acids is 1. The van der Waals surface area contributed by atoms with E-state index >= 15 is 0 Å². The SMILES string of the molecule is CC(C)(C)OC(=O)N(C(=O)OC(C)(C)C)c1cc(CC2C(=O)N(C(=O)Nc3ccccc3)[C@@H]2C(=O)O)ccn1. The fourth-order valence-electron chi connectivity index (χ4n) is 3.80. The van der Waals surface area contributed by atoms with Crippen LogP contribution in [0.15, 0.2) is 48.7 Å². The van der Waals surface area contributed by atoms with E-state index in [1.165, 1.54) is 18.3 Å². The predicted molar refractivity (Wildman–Crippen MR) is 140 cm³/mol. The molecule has 1 unspecified atom stereocenters. The summed E-state index contributed by atoms with van der Waals surface area (Å²) in [6.45, 7) is 9.81. The molecule has 1 saturated heterocycles. The summed E-state index contributed by atoms with van der Waals surface area (Å²) in [6.07, 6.45) is -0.816. The number of carboxylic acids is 1. The molecule has 2 atom stereocenters. The van der Waals surface area contributed by atoms with Crippen LogP contribution in [0.5, 0.6) is 0 Å². The molecule has 0 saturated carbocycles. The summed E-state index contributed by atoms with van der Waals surface area (Å²) in [5.74, 6) is -3.21. The number of benzene rings is 1. The van der Waals surface area contributed by atoms with Crippen molar-refractivity contribution in [3.63, 3.8) is 0 Å². The van der Waals surface area contributed by atoms with Gasteiger partial charge in [0.2, 0.25) is 5.91 Å². The maximum absolute atomic E-state index is 12.9. The maximum atomic E-state index is 12.9. The Kier molecular flexibility index (Phi) is 8.27. The second kappa shape index (κ2) is 11.1. The van der Waals surface area contributed by atoms with Gasteiger partial charge in [-0.05, 0) is 77.8 Å². The molecule has 1 aromatic heterocycles. The Labute approximate surface area is 225 Å². The zero-order valence-electron chi connectivity index (χ0n) is 22.6. The number of anilines is 2. The van der Waals surface area contributed by atoms with Crippen LogP contribution in [0.25, 0.3) is 0 Å². The molecule has 2 heterocycles. The number of urea groups is 1. The number of carbonyl (C=O) groups excluding carboxylic acids is 4. The van der Waals surface area contributed by atoms with Crippen molar-refractivity contribution in [2.24, 2.45) is 5.92 Å². The van der Waals surface area contributed by atoms with E-state index in [2.05, 4.69) is 10.3 Å². The minimum absolute atomic E-state index is 0.0864. The van der Waals surface area contributed by atoms with E-state index in [9.17, 15) is 29.1 Å². The van der Waals surface area contributed by atoms with Crippen LogP contribution >= 0.6 is 0 Å². The average Bonchev–Trinajstić information content (AvgIpc) is 2.79. The van der Waals surface area contributed by atoms with E-state index in [-0.39, 0.29) is 12.2 Å². The summed E-state index contributed by atoms with van der Waals surface area (Å²) < 4.78 is 10.7. The van der Waals surface area contributed by atoms with Gasteiger partial charge in [-0.2, -0.15) is 4.90 Å². The molecule has 1 aromatic carbocycles. The fraction of sp³-hybridized carbons (Fsp3) is 0.407. The number of nitrogens with one attached hydrogen (secondary N) is 1. The van der Waals surface area contributed by atoms with Gasteiger partial charge in [0.25, 0.3) is 0 Å². The molecule has 2 N–H and O–H groups in total. The number of hydrogen-bond acceptors (Lipinski definition) is 8. The molecule has 1 aliphatic heterocycles. The first kappa shape index (κ1) is 29.1. The third kappa shape index (κ3) is 7.30. The number of para-hydroxylation sites is 1. The Hall–Kier alpha value is -4.48. The minimum Gasteiger partial charge on any atom is -0.480 e. The Morgan fingerprint density at radius 3 is 2.05 bits per heavy atom. The number of carboxylic acid groups (broad SMARTS) is 1. The molecule has 12 heteroatoms. The third-order valence-corrected chi connectivity index (χ3v) is 5.36. The van der Waals surface area contributed by atoms with Gasteiger partial charge in [0.15, 0.2) is 6.04 Å². The van der Waals surface area contributed by atoms with Crippen LogP contribution in [-0.2, 0) is 25.5 Å². The van der Waals surface area contributed by atoms with Gasteiger partial charge < -0.3 is 19.9 Å². The number of carbonyl (C=O) groups is 5. The van der Waals surface area contributed by atoms with Gasteiger partial charge in [0, 0.05) is 11.9 Å². The summed E-state index contributed by atoms with van der Waals surface area (Å²) in [5, 5.41) is 12.3. The smallest absolute Gasteiger partial charge is 0.425 e. The van der Waals surface area contributed by atoms with Crippen LogP contribution in [0.2, 0.25) is 0 Å². The number of nitrogens with zero attached hydrogens (tertiary/aromatic N) is 3. The van der Waals surface area contributed by atoms with Crippen molar-refractivity contribution in [2.45, 2.75) is 65.2 Å². The van der Waals surface area contributed by atoms with Gasteiger partial charge in [-0.25, -0.2) is 29.1 Å². The fourth-order valence-corrected chi connectivity index (χ4v) is 3.80. The molecule has 0 spiro atoms. The van der Waals surface area contributed by atoms with E-state index in [0.29, 0.717) is 21.1 Å².